The van der Waals surface area contributed by atoms with E-state index in [9.17, 15) is 9.18 Å². The molecule has 1 atom stereocenters. The van der Waals surface area contributed by atoms with Crippen LogP contribution in [0.25, 0.3) is 11.3 Å². The Morgan fingerprint density at radius 1 is 1.46 bits per heavy atom. The van der Waals surface area contributed by atoms with Gasteiger partial charge in [0.1, 0.15) is 6.04 Å². The number of carbonyl (C=O) groups excluding carboxylic acids is 1. The van der Waals surface area contributed by atoms with Crippen molar-refractivity contribution < 1.29 is 18.7 Å². The number of rotatable bonds is 5. The van der Waals surface area contributed by atoms with E-state index < -0.39 is 5.82 Å². The van der Waals surface area contributed by atoms with Crippen molar-refractivity contribution in [2.45, 2.75) is 25.4 Å². The van der Waals surface area contributed by atoms with Gasteiger partial charge in [0.2, 0.25) is 0 Å². The second kappa shape index (κ2) is 7.00. The number of hydrogen-bond donors (Lipinski definition) is 1. The summed E-state index contributed by atoms with van der Waals surface area (Å²) >= 11 is 0. The molecule has 1 aliphatic heterocycles. The van der Waals surface area contributed by atoms with Gasteiger partial charge in [-0.3, -0.25) is 14.8 Å². The third-order valence-corrected chi connectivity index (χ3v) is 4.37. The van der Waals surface area contributed by atoms with Gasteiger partial charge in [0.05, 0.1) is 26.1 Å². The number of benzene rings is 1. The number of ether oxygens (including phenoxy) is 2. The lowest BCUT2D eigenvalue weighted by molar-refractivity contribution is -0.146. The predicted molar refractivity (Wildman–Crippen MR) is 86.0 cm³/mol. The molecule has 2 heterocycles. The second-order valence-corrected chi connectivity index (χ2v) is 5.77. The second-order valence-electron chi connectivity index (χ2n) is 5.77. The first kappa shape index (κ1) is 16.4. The number of aromatic amines is 1. The molecule has 1 fully saturated rings. The number of carbonyl (C=O) groups is 1. The van der Waals surface area contributed by atoms with E-state index in [4.69, 9.17) is 9.47 Å². The Morgan fingerprint density at radius 3 is 3.00 bits per heavy atom. The lowest BCUT2D eigenvalue weighted by Crippen LogP contribution is -2.36. The van der Waals surface area contributed by atoms with Crippen LogP contribution >= 0.6 is 0 Å². The van der Waals surface area contributed by atoms with Crippen molar-refractivity contribution in [3.8, 4) is 17.0 Å². The molecule has 3 rings (SSSR count). The molecule has 0 amide bonds. The monoisotopic (exact) mass is 333 g/mol. The zero-order valence-electron chi connectivity index (χ0n) is 13.7. The molecule has 128 valence electrons. The molecule has 0 bridgehead atoms. The molecule has 0 aliphatic carbocycles. The predicted octanol–water partition coefficient (Wildman–Crippen LogP) is 2.36. The molecule has 24 heavy (non-hydrogen) atoms. The van der Waals surface area contributed by atoms with Crippen LogP contribution in [0.4, 0.5) is 4.39 Å². The summed E-state index contributed by atoms with van der Waals surface area (Å²) < 4.78 is 23.8. The lowest BCUT2D eigenvalue weighted by atomic mass is 10.1. The molecule has 1 aliphatic rings. The Morgan fingerprint density at radius 2 is 2.29 bits per heavy atom. The number of aromatic nitrogens is 2. The zero-order chi connectivity index (χ0) is 17.1. The summed E-state index contributed by atoms with van der Waals surface area (Å²) in [5.41, 5.74) is 2.34. The first-order valence-corrected chi connectivity index (χ1v) is 7.82. The third-order valence-electron chi connectivity index (χ3n) is 4.37. The van der Waals surface area contributed by atoms with E-state index >= 15 is 0 Å². The van der Waals surface area contributed by atoms with Crippen molar-refractivity contribution in [2.75, 3.05) is 20.8 Å². The Hall–Kier alpha value is -2.41. The van der Waals surface area contributed by atoms with Crippen LogP contribution in [0.5, 0.6) is 5.75 Å². The quantitative estimate of drug-likeness (QED) is 0.851. The van der Waals surface area contributed by atoms with E-state index in [1.54, 1.807) is 18.3 Å². The minimum absolute atomic E-state index is 0.199. The van der Waals surface area contributed by atoms with Crippen molar-refractivity contribution in [1.82, 2.24) is 15.1 Å². The van der Waals surface area contributed by atoms with E-state index in [1.807, 2.05) is 0 Å². The van der Waals surface area contributed by atoms with Crippen LogP contribution in [0.15, 0.2) is 24.4 Å². The summed E-state index contributed by atoms with van der Waals surface area (Å²) in [6.07, 6.45) is 3.45. The molecule has 1 N–H and O–H groups in total. The summed E-state index contributed by atoms with van der Waals surface area (Å²) in [4.78, 5) is 13.9. The number of nitrogens with one attached hydrogen (secondary N) is 1. The highest BCUT2D eigenvalue weighted by atomic mass is 19.1. The Kier molecular flexibility index (Phi) is 4.80. The summed E-state index contributed by atoms with van der Waals surface area (Å²) in [5.74, 6) is -0.442. The fourth-order valence-electron chi connectivity index (χ4n) is 3.14. The van der Waals surface area contributed by atoms with Gasteiger partial charge >= 0.3 is 5.97 Å². The summed E-state index contributed by atoms with van der Waals surface area (Å²) in [7, 11) is 2.84. The van der Waals surface area contributed by atoms with Gasteiger partial charge in [-0.15, -0.1) is 0 Å². The molecule has 1 saturated heterocycles. The number of nitrogens with zero attached hydrogens (tertiary/aromatic N) is 2. The van der Waals surface area contributed by atoms with Crippen molar-refractivity contribution in [3.63, 3.8) is 0 Å². The minimum Gasteiger partial charge on any atom is -0.494 e. The molecular formula is C17H20FN3O3. The largest absolute Gasteiger partial charge is 0.494 e. The van der Waals surface area contributed by atoms with Gasteiger partial charge in [-0.1, -0.05) is 0 Å². The minimum atomic E-state index is -0.427. The zero-order valence-corrected chi connectivity index (χ0v) is 13.7. The average molecular weight is 333 g/mol. The Bertz CT molecular complexity index is 732. The molecule has 0 saturated carbocycles. The first-order chi connectivity index (χ1) is 11.6. The fraction of sp³-hybridized carbons (Fsp3) is 0.412. The van der Waals surface area contributed by atoms with E-state index in [0.29, 0.717) is 12.1 Å². The van der Waals surface area contributed by atoms with Crippen molar-refractivity contribution in [3.05, 3.63) is 35.8 Å². The van der Waals surface area contributed by atoms with E-state index in [2.05, 4.69) is 15.1 Å². The van der Waals surface area contributed by atoms with Crippen LogP contribution in [-0.4, -0.2) is 47.9 Å². The van der Waals surface area contributed by atoms with Gasteiger partial charge in [-0.05, 0) is 37.6 Å². The highest BCUT2D eigenvalue weighted by molar-refractivity contribution is 5.76. The number of methoxy groups -OCH3 is 2. The maximum absolute atomic E-state index is 14.0. The van der Waals surface area contributed by atoms with Crippen LogP contribution in [0.3, 0.4) is 0 Å². The van der Waals surface area contributed by atoms with Crippen LogP contribution in [-0.2, 0) is 16.1 Å². The molecule has 0 spiro atoms. The van der Waals surface area contributed by atoms with E-state index in [1.165, 1.54) is 20.3 Å². The van der Waals surface area contributed by atoms with E-state index in [0.717, 1.165) is 30.6 Å². The van der Waals surface area contributed by atoms with Crippen molar-refractivity contribution in [2.24, 2.45) is 0 Å². The standard InChI is InChI=1S/C17H20FN3O3/c1-23-15-6-5-11(8-13(15)18)16-12(9-19-20-16)10-21-7-3-4-14(21)17(22)24-2/h5-6,8-9,14H,3-4,7,10H2,1-2H3,(H,19,20)/t14-/m0/s1. The first-order valence-electron chi connectivity index (χ1n) is 7.82. The Balaban J connectivity index is 1.83. The summed E-state index contributed by atoms with van der Waals surface area (Å²) in [6, 6.07) is 4.55. The van der Waals surface area contributed by atoms with Crippen LogP contribution < -0.4 is 4.74 Å². The highest BCUT2D eigenvalue weighted by Crippen LogP contribution is 2.29. The summed E-state index contributed by atoms with van der Waals surface area (Å²) in [5, 5.41) is 7.00. The Labute approximate surface area is 139 Å². The molecule has 6 nitrogen and oxygen atoms in total. The fourth-order valence-corrected chi connectivity index (χ4v) is 3.14. The van der Waals surface area contributed by atoms with Crippen LogP contribution in [0, 0.1) is 5.82 Å². The molecule has 2 aromatic rings. The van der Waals surface area contributed by atoms with Crippen molar-refractivity contribution >= 4 is 5.97 Å². The number of halogens is 1. The molecular weight excluding hydrogens is 313 g/mol. The SMILES string of the molecule is COC(=O)[C@@H]1CCCN1Cc1cn[nH]c1-c1ccc(OC)c(F)c1. The van der Waals surface area contributed by atoms with Gasteiger partial charge in [-0.2, -0.15) is 5.10 Å². The highest BCUT2D eigenvalue weighted by Gasteiger charge is 2.32. The smallest absolute Gasteiger partial charge is 0.323 e. The maximum Gasteiger partial charge on any atom is 0.323 e. The van der Waals surface area contributed by atoms with Gasteiger partial charge in [0, 0.05) is 17.7 Å². The summed E-state index contributed by atoms with van der Waals surface area (Å²) in [6.45, 7) is 1.38. The molecule has 1 aromatic carbocycles. The molecule has 7 heteroatoms. The number of H-pyrrole nitrogens is 1. The number of likely N-dealkylation sites (tertiary alicyclic amines) is 1. The molecule has 0 unspecified atom stereocenters. The molecule has 0 radical (unpaired) electrons. The molecule has 1 aromatic heterocycles. The number of hydrogen-bond acceptors (Lipinski definition) is 5. The van der Waals surface area contributed by atoms with Gasteiger partial charge < -0.3 is 9.47 Å². The van der Waals surface area contributed by atoms with Gasteiger partial charge in [-0.25, -0.2) is 4.39 Å². The third kappa shape index (κ3) is 3.12. The normalized spacial score (nSPS) is 17.9. The number of esters is 1. The van der Waals surface area contributed by atoms with Crippen LogP contribution in [0.2, 0.25) is 0 Å². The average Bonchev–Trinajstić information content (AvgIpc) is 3.24. The van der Waals surface area contributed by atoms with Crippen molar-refractivity contribution in [1.29, 1.82) is 0 Å². The van der Waals surface area contributed by atoms with E-state index in [-0.39, 0.29) is 17.8 Å². The lowest BCUT2D eigenvalue weighted by Gasteiger charge is -2.22. The van der Waals surface area contributed by atoms with Gasteiger partial charge in [0.25, 0.3) is 0 Å². The maximum atomic E-state index is 14.0. The topological polar surface area (TPSA) is 67.5 Å². The van der Waals surface area contributed by atoms with Crippen LogP contribution in [0.1, 0.15) is 18.4 Å². The van der Waals surface area contributed by atoms with Gasteiger partial charge in [0.15, 0.2) is 11.6 Å².